The van der Waals surface area contributed by atoms with Gasteiger partial charge in [-0.15, -0.1) is 11.3 Å². The fourth-order valence-corrected chi connectivity index (χ4v) is 3.73. The molecule has 23 heavy (non-hydrogen) atoms. The molecule has 1 fully saturated rings. The van der Waals surface area contributed by atoms with Gasteiger partial charge in [-0.25, -0.2) is 13.8 Å². The molecule has 0 N–H and O–H groups in total. The Bertz CT molecular complexity index is 673. The summed E-state index contributed by atoms with van der Waals surface area (Å²) < 4.78 is 34.4. The Kier molecular flexibility index (Phi) is 4.80. The average molecular weight is 338 g/mol. The smallest absolute Gasteiger partial charge is 0.227 e. The van der Waals surface area contributed by atoms with E-state index >= 15 is 0 Å². The summed E-state index contributed by atoms with van der Waals surface area (Å²) in [7, 11) is 0. The highest BCUT2D eigenvalue weighted by Crippen LogP contribution is 2.35. The van der Waals surface area contributed by atoms with E-state index in [9.17, 15) is 8.78 Å². The van der Waals surface area contributed by atoms with Gasteiger partial charge in [-0.2, -0.15) is 0 Å². The van der Waals surface area contributed by atoms with Crippen LogP contribution in [0.1, 0.15) is 31.1 Å². The number of benzene rings is 1. The molecule has 0 atom stereocenters. The number of hydrogen-bond donors (Lipinski definition) is 0. The molecule has 2 heterocycles. The van der Waals surface area contributed by atoms with Gasteiger partial charge in [0.25, 0.3) is 0 Å². The lowest BCUT2D eigenvalue weighted by Crippen LogP contribution is -2.31. The van der Waals surface area contributed by atoms with Crippen molar-refractivity contribution in [1.82, 2.24) is 4.98 Å². The fraction of sp³-hybridized carbons (Fsp3) is 0.471. The summed E-state index contributed by atoms with van der Waals surface area (Å²) in [6.45, 7) is 5.70. The molecular weight excluding hydrogens is 318 g/mol. The summed E-state index contributed by atoms with van der Waals surface area (Å²) in [5.41, 5.74) is 0.548. The molecule has 124 valence electrons. The van der Waals surface area contributed by atoms with Gasteiger partial charge in [-0.05, 0) is 45.2 Å². The minimum absolute atomic E-state index is 0.0896. The molecule has 0 saturated carbocycles. The minimum Gasteiger partial charge on any atom is -0.477 e. The van der Waals surface area contributed by atoms with Crippen LogP contribution in [-0.4, -0.2) is 24.7 Å². The van der Waals surface area contributed by atoms with Gasteiger partial charge in [0.2, 0.25) is 5.88 Å². The normalized spacial score (nSPS) is 15.0. The van der Waals surface area contributed by atoms with Crippen molar-refractivity contribution in [1.29, 1.82) is 0 Å². The van der Waals surface area contributed by atoms with Crippen molar-refractivity contribution >= 4 is 17.0 Å². The summed E-state index contributed by atoms with van der Waals surface area (Å²) in [6.07, 6.45) is 3.07. The van der Waals surface area contributed by atoms with Crippen LogP contribution >= 0.6 is 11.3 Å². The Morgan fingerprint density at radius 3 is 2.43 bits per heavy atom. The zero-order chi connectivity index (χ0) is 16.4. The predicted molar refractivity (Wildman–Crippen MR) is 89.4 cm³/mol. The van der Waals surface area contributed by atoms with Crippen molar-refractivity contribution in [2.75, 3.05) is 24.6 Å². The summed E-state index contributed by atoms with van der Waals surface area (Å²) in [5, 5.41) is 0.578. The van der Waals surface area contributed by atoms with Crippen LogP contribution in [0.2, 0.25) is 0 Å². The minimum atomic E-state index is -0.521. The van der Waals surface area contributed by atoms with Crippen molar-refractivity contribution in [3.63, 3.8) is 0 Å². The molecule has 1 aliphatic rings. The van der Waals surface area contributed by atoms with Gasteiger partial charge in [0, 0.05) is 18.7 Å². The highest BCUT2D eigenvalue weighted by atomic mass is 32.1. The Morgan fingerprint density at radius 2 is 1.83 bits per heavy atom. The van der Waals surface area contributed by atoms with E-state index < -0.39 is 11.6 Å². The highest BCUT2D eigenvalue weighted by Gasteiger charge is 2.21. The number of thiazole rings is 1. The summed E-state index contributed by atoms with van der Waals surface area (Å²) in [5.74, 6) is -0.506. The standard InChI is InChI=1S/C17H20F2N2OS/c1-3-22-16-11(2)23-17(20-16)12-9-13(18)15(14(19)10-12)21-7-5-4-6-8-21/h9-10H,3-8H2,1-2H3. The second-order valence-electron chi connectivity index (χ2n) is 5.65. The van der Waals surface area contributed by atoms with E-state index in [2.05, 4.69) is 4.98 Å². The van der Waals surface area contributed by atoms with Crippen molar-refractivity contribution < 1.29 is 13.5 Å². The van der Waals surface area contributed by atoms with Gasteiger partial charge >= 0.3 is 0 Å². The average Bonchev–Trinajstić information content (AvgIpc) is 2.89. The maximum atomic E-state index is 14.5. The zero-order valence-corrected chi connectivity index (χ0v) is 14.2. The topological polar surface area (TPSA) is 25.4 Å². The van der Waals surface area contributed by atoms with Crippen LogP contribution in [0.5, 0.6) is 5.88 Å². The summed E-state index contributed by atoms with van der Waals surface area (Å²) in [6, 6.07) is 2.75. The second-order valence-corrected chi connectivity index (χ2v) is 6.85. The van der Waals surface area contributed by atoms with E-state index in [1.807, 2.05) is 13.8 Å². The van der Waals surface area contributed by atoms with Crippen LogP contribution in [0.25, 0.3) is 10.6 Å². The van der Waals surface area contributed by atoms with Crippen LogP contribution in [0.3, 0.4) is 0 Å². The lowest BCUT2D eigenvalue weighted by Gasteiger charge is -2.29. The molecule has 0 unspecified atom stereocenters. The van der Waals surface area contributed by atoms with Gasteiger partial charge in [0.1, 0.15) is 22.3 Å². The number of anilines is 1. The van der Waals surface area contributed by atoms with Gasteiger partial charge < -0.3 is 9.64 Å². The SMILES string of the molecule is CCOc1nc(-c2cc(F)c(N3CCCCC3)c(F)c2)sc1C. The van der Waals surface area contributed by atoms with Crippen LogP contribution < -0.4 is 9.64 Å². The van der Waals surface area contributed by atoms with Crippen LogP contribution in [0.15, 0.2) is 12.1 Å². The first-order chi connectivity index (χ1) is 11.1. The third-order valence-electron chi connectivity index (χ3n) is 3.97. The Labute approximate surface area is 138 Å². The monoisotopic (exact) mass is 338 g/mol. The number of halogens is 2. The van der Waals surface area contributed by atoms with E-state index in [1.54, 1.807) is 4.90 Å². The summed E-state index contributed by atoms with van der Waals surface area (Å²) >= 11 is 1.38. The second kappa shape index (κ2) is 6.83. The molecule has 0 radical (unpaired) electrons. The largest absolute Gasteiger partial charge is 0.477 e. The number of aromatic nitrogens is 1. The van der Waals surface area contributed by atoms with Crippen molar-refractivity contribution in [3.05, 3.63) is 28.6 Å². The molecule has 1 aromatic heterocycles. The number of hydrogen-bond acceptors (Lipinski definition) is 4. The molecule has 3 rings (SSSR count). The zero-order valence-electron chi connectivity index (χ0n) is 13.4. The number of rotatable bonds is 4. The molecule has 0 spiro atoms. The highest BCUT2D eigenvalue weighted by molar-refractivity contribution is 7.15. The van der Waals surface area contributed by atoms with Crippen molar-refractivity contribution in [3.8, 4) is 16.5 Å². The lowest BCUT2D eigenvalue weighted by molar-refractivity contribution is 0.327. The maximum absolute atomic E-state index is 14.5. The molecule has 1 aliphatic heterocycles. The molecule has 0 aliphatic carbocycles. The van der Waals surface area contributed by atoms with E-state index in [4.69, 9.17) is 4.74 Å². The Balaban J connectivity index is 1.94. The van der Waals surface area contributed by atoms with Gasteiger partial charge in [-0.1, -0.05) is 0 Å². The molecular formula is C17H20F2N2OS. The summed E-state index contributed by atoms with van der Waals surface area (Å²) in [4.78, 5) is 7.05. The fourth-order valence-electron chi connectivity index (χ4n) is 2.89. The van der Waals surface area contributed by atoms with E-state index in [-0.39, 0.29) is 5.69 Å². The van der Waals surface area contributed by atoms with Crippen molar-refractivity contribution in [2.24, 2.45) is 0 Å². The van der Waals surface area contributed by atoms with E-state index in [0.29, 0.717) is 36.1 Å². The lowest BCUT2D eigenvalue weighted by atomic mass is 10.1. The van der Waals surface area contributed by atoms with Crippen molar-refractivity contribution in [2.45, 2.75) is 33.1 Å². The number of nitrogens with zero attached hydrogens (tertiary/aromatic N) is 2. The quantitative estimate of drug-likeness (QED) is 0.802. The molecule has 1 aromatic carbocycles. The molecule has 0 bridgehead atoms. The number of piperidine rings is 1. The third kappa shape index (κ3) is 3.32. The maximum Gasteiger partial charge on any atom is 0.227 e. The van der Waals surface area contributed by atoms with E-state index in [1.165, 1.54) is 23.5 Å². The predicted octanol–water partition coefficient (Wildman–Crippen LogP) is 4.79. The van der Waals surface area contributed by atoms with Gasteiger partial charge in [0.15, 0.2) is 0 Å². The first kappa shape index (κ1) is 16.2. The Morgan fingerprint density at radius 1 is 1.17 bits per heavy atom. The van der Waals surface area contributed by atoms with Gasteiger partial charge in [0.05, 0.1) is 11.5 Å². The van der Waals surface area contributed by atoms with Gasteiger partial charge in [-0.3, -0.25) is 0 Å². The number of ether oxygens (including phenoxy) is 1. The molecule has 1 saturated heterocycles. The number of aryl methyl sites for hydroxylation is 1. The Hall–Kier alpha value is -1.69. The van der Waals surface area contributed by atoms with E-state index in [0.717, 1.165) is 24.1 Å². The third-order valence-corrected chi connectivity index (χ3v) is 4.97. The van der Waals surface area contributed by atoms with Crippen LogP contribution in [0, 0.1) is 18.6 Å². The first-order valence-electron chi connectivity index (χ1n) is 7.94. The molecule has 6 heteroatoms. The molecule has 2 aromatic rings. The molecule has 3 nitrogen and oxygen atoms in total. The first-order valence-corrected chi connectivity index (χ1v) is 8.76. The van der Waals surface area contributed by atoms with Crippen LogP contribution in [0.4, 0.5) is 14.5 Å². The molecule has 0 amide bonds. The van der Waals surface area contributed by atoms with Crippen LogP contribution in [-0.2, 0) is 0 Å².